The van der Waals surface area contributed by atoms with Crippen molar-refractivity contribution in [3.05, 3.63) is 37.4 Å². The van der Waals surface area contributed by atoms with E-state index in [4.69, 9.17) is 0 Å². The predicted molar refractivity (Wildman–Crippen MR) is 41.3 cm³/mol. The SMILES string of the molecule is [CH2]N[S+]([O-])c1ccccc1. The summed E-state index contributed by atoms with van der Waals surface area (Å²) in [7, 11) is 3.31. The smallest absolute Gasteiger partial charge is 0.173 e. The van der Waals surface area contributed by atoms with Crippen molar-refractivity contribution in [3.63, 3.8) is 0 Å². The lowest BCUT2D eigenvalue weighted by Crippen LogP contribution is -2.16. The van der Waals surface area contributed by atoms with E-state index in [1.54, 1.807) is 12.1 Å². The molecule has 1 aromatic rings. The van der Waals surface area contributed by atoms with Crippen LogP contribution in [-0.4, -0.2) is 4.55 Å². The summed E-state index contributed by atoms with van der Waals surface area (Å²) in [5.74, 6) is 0. The molecule has 0 aliphatic heterocycles. The van der Waals surface area contributed by atoms with Crippen LogP contribution in [0.5, 0.6) is 0 Å². The second-order valence-corrected chi connectivity index (χ2v) is 3.02. The van der Waals surface area contributed by atoms with Crippen LogP contribution in [-0.2, 0) is 11.4 Å². The fourth-order valence-corrected chi connectivity index (χ4v) is 1.20. The first-order valence-electron chi connectivity index (χ1n) is 2.84. The van der Waals surface area contributed by atoms with E-state index in [9.17, 15) is 4.55 Å². The van der Waals surface area contributed by atoms with Crippen molar-refractivity contribution in [1.29, 1.82) is 0 Å². The molecule has 1 radical (unpaired) electrons. The molecule has 1 aromatic carbocycles. The molecule has 3 heteroatoms. The number of rotatable bonds is 2. The van der Waals surface area contributed by atoms with E-state index in [1.807, 2.05) is 18.2 Å². The Balaban J connectivity index is 2.75. The third kappa shape index (κ3) is 1.73. The standard InChI is InChI=1S/C7H8NOS/c1-8-10(9)7-5-3-2-4-6-7/h2-6,8H,1H2. The first kappa shape index (κ1) is 7.60. The number of benzene rings is 1. The van der Waals surface area contributed by atoms with Crippen LogP contribution >= 0.6 is 0 Å². The molecule has 2 nitrogen and oxygen atoms in total. The summed E-state index contributed by atoms with van der Waals surface area (Å²) in [6, 6.07) is 9.13. The van der Waals surface area contributed by atoms with Gasteiger partial charge in [-0.05, 0) is 12.1 Å². The van der Waals surface area contributed by atoms with E-state index in [0.29, 0.717) is 0 Å². The first-order valence-corrected chi connectivity index (χ1v) is 3.99. The highest BCUT2D eigenvalue weighted by molar-refractivity contribution is 7.89. The molecular formula is C7H8NOS. The lowest BCUT2D eigenvalue weighted by molar-refractivity contribution is 0.589. The van der Waals surface area contributed by atoms with Gasteiger partial charge in [0.2, 0.25) is 0 Å². The molecular weight excluding hydrogens is 146 g/mol. The topological polar surface area (TPSA) is 35.1 Å². The molecule has 0 bridgehead atoms. The van der Waals surface area contributed by atoms with Gasteiger partial charge in [-0.25, -0.2) is 0 Å². The predicted octanol–water partition coefficient (Wildman–Crippen LogP) is 1.09. The van der Waals surface area contributed by atoms with Crippen LogP contribution in [0.2, 0.25) is 0 Å². The molecule has 0 aliphatic carbocycles. The zero-order valence-electron chi connectivity index (χ0n) is 5.41. The molecule has 10 heavy (non-hydrogen) atoms. The Labute approximate surface area is 63.6 Å². The monoisotopic (exact) mass is 154 g/mol. The van der Waals surface area contributed by atoms with Crippen molar-refractivity contribution in [2.75, 3.05) is 0 Å². The Morgan fingerprint density at radius 3 is 2.40 bits per heavy atom. The summed E-state index contributed by atoms with van der Waals surface area (Å²) in [4.78, 5) is 0.748. The molecule has 0 fully saturated rings. The van der Waals surface area contributed by atoms with E-state index in [1.165, 1.54) is 0 Å². The molecule has 1 rings (SSSR count). The van der Waals surface area contributed by atoms with Crippen LogP contribution < -0.4 is 4.72 Å². The minimum atomic E-state index is -1.15. The van der Waals surface area contributed by atoms with Gasteiger partial charge in [-0.3, -0.25) is 0 Å². The van der Waals surface area contributed by atoms with Gasteiger partial charge in [0.1, 0.15) is 0 Å². The van der Waals surface area contributed by atoms with Crippen molar-refractivity contribution >= 4 is 11.4 Å². The van der Waals surface area contributed by atoms with E-state index in [-0.39, 0.29) is 0 Å². The van der Waals surface area contributed by atoms with Gasteiger partial charge >= 0.3 is 0 Å². The maximum Gasteiger partial charge on any atom is 0.173 e. The summed E-state index contributed by atoms with van der Waals surface area (Å²) in [6.45, 7) is 0. The maximum atomic E-state index is 11.0. The van der Waals surface area contributed by atoms with Gasteiger partial charge in [0.25, 0.3) is 0 Å². The van der Waals surface area contributed by atoms with Gasteiger partial charge < -0.3 is 4.55 Å². The number of hydrogen-bond acceptors (Lipinski definition) is 2. The summed E-state index contributed by atoms with van der Waals surface area (Å²) in [5.41, 5.74) is 0. The third-order valence-electron chi connectivity index (χ3n) is 1.09. The minimum absolute atomic E-state index is 0.748. The van der Waals surface area contributed by atoms with Gasteiger partial charge in [0.15, 0.2) is 4.90 Å². The van der Waals surface area contributed by atoms with Gasteiger partial charge in [-0.2, -0.15) is 0 Å². The molecule has 1 N–H and O–H groups in total. The Kier molecular flexibility index (Phi) is 2.74. The molecule has 53 valence electrons. The average molecular weight is 154 g/mol. The molecule has 0 heterocycles. The molecule has 0 saturated carbocycles. The quantitative estimate of drug-likeness (QED) is 0.647. The second kappa shape index (κ2) is 3.61. The lowest BCUT2D eigenvalue weighted by atomic mass is 10.4. The van der Waals surface area contributed by atoms with Crippen LogP contribution in [0.25, 0.3) is 0 Å². The highest BCUT2D eigenvalue weighted by Crippen LogP contribution is 2.05. The summed E-state index contributed by atoms with van der Waals surface area (Å²) < 4.78 is 13.4. The molecule has 0 spiro atoms. The summed E-state index contributed by atoms with van der Waals surface area (Å²) in [6.07, 6.45) is 0. The van der Waals surface area contributed by atoms with Crippen LogP contribution in [0, 0.1) is 7.05 Å². The van der Waals surface area contributed by atoms with Crippen LogP contribution in [0.1, 0.15) is 0 Å². The summed E-state index contributed by atoms with van der Waals surface area (Å²) >= 11 is -1.15. The zero-order chi connectivity index (χ0) is 7.40. The van der Waals surface area contributed by atoms with Crippen molar-refractivity contribution in [3.8, 4) is 0 Å². The van der Waals surface area contributed by atoms with E-state index >= 15 is 0 Å². The normalized spacial score (nSPS) is 13.0. The molecule has 0 saturated heterocycles. The van der Waals surface area contributed by atoms with Crippen molar-refractivity contribution in [2.45, 2.75) is 4.90 Å². The Bertz CT molecular complexity index is 190. The van der Waals surface area contributed by atoms with Crippen LogP contribution in [0.4, 0.5) is 0 Å². The van der Waals surface area contributed by atoms with Crippen molar-refractivity contribution in [2.24, 2.45) is 0 Å². The van der Waals surface area contributed by atoms with Crippen LogP contribution in [0.15, 0.2) is 35.2 Å². The fourth-order valence-electron chi connectivity index (χ4n) is 0.627. The number of nitrogens with one attached hydrogen (secondary N) is 1. The molecule has 0 aliphatic rings. The molecule has 1 atom stereocenters. The zero-order valence-corrected chi connectivity index (χ0v) is 6.23. The summed E-state index contributed by atoms with van der Waals surface area (Å²) in [5, 5.41) is 0. The molecule has 0 aromatic heterocycles. The van der Waals surface area contributed by atoms with Crippen molar-refractivity contribution in [1.82, 2.24) is 4.72 Å². The highest BCUT2D eigenvalue weighted by Gasteiger charge is 2.04. The van der Waals surface area contributed by atoms with E-state index in [0.717, 1.165) is 4.90 Å². The Morgan fingerprint density at radius 1 is 1.30 bits per heavy atom. The second-order valence-electron chi connectivity index (χ2n) is 1.73. The number of hydrogen-bond donors (Lipinski definition) is 1. The van der Waals surface area contributed by atoms with Gasteiger partial charge in [0, 0.05) is 0 Å². The third-order valence-corrected chi connectivity index (χ3v) is 2.05. The minimum Gasteiger partial charge on any atom is -0.593 e. The largest absolute Gasteiger partial charge is 0.593 e. The lowest BCUT2D eigenvalue weighted by Gasteiger charge is -2.05. The Hall–Kier alpha value is -0.510. The van der Waals surface area contributed by atoms with Gasteiger partial charge in [-0.15, -0.1) is 4.72 Å². The average Bonchev–Trinajstić information content (AvgIpc) is 2.05. The first-order chi connectivity index (χ1) is 4.84. The van der Waals surface area contributed by atoms with Gasteiger partial charge in [-0.1, -0.05) is 18.2 Å². The van der Waals surface area contributed by atoms with Gasteiger partial charge in [0.05, 0.1) is 18.4 Å². The Morgan fingerprint density at radius 2 is 1.90 bits per heavy atom. The molecule has 0 amide bonds. The fraction of sp³-hybridized carbons (Fsp3) is 0. The van der Waals surface area contributed by atoms with E-state index in [2.05, 4.69) is 11.8 Å². The van der Waals surface area contributed by atoms with E-state index < -0.39 is 11.4 Å². The maximum absolute atomic E-state index is 11.0. The van der Waals surface area contributed by atoms with Crippen LogP contribution in [0.3, 0.4) is 0 Å². The molecule has 1 unspecified atom stereocenters. The highest BCUT2D eigenvalue weighted by atomic mass is 32.2. The van der Waals surface area contributed by atoms with Crippen molar-refractivity contribution < 1.29 is 4.55 Å².